The lowest BCUT2D eigenvalue weighted by Crippen LogP contribution is -2.26. The van der Waals surface area contributed by atoms with E-state index < -0.39 is 26.0 Å². The summed E-state index contributed by atoms with van der Waals surface area (Å²) in [5, 5.41) is 2.73. The summed E-state index contributed by atoms with van der Waals surface area (Å²) in [7, 11) is -6.11. The summed E-state index contributed by atoms with van der Waals surface area (Å²) in [6, 6.07) is 24.0. The highest BCUT2D eigenvalue weighted by Crippen LogP contribution is 2.24. The first-order chi connectivity index (χ1) is 18.4. The third kappa shape index (κ3) is 6.30. The molecule has 0 atom stereocenters. The Labute approximate surface area is 229 Å². The molecule has 1 amide bonds. The summed E-state index contributed by atoms with van der Waals surface area (Å²) in [6.45, 7) is 5.64. The fraction of sp³-hybridized carbons (Fsp3) is 0.138. The van der Waals surface area contributed by atoms with Gasteiger partial charge in [-0.1, -0.05) is 35.4 Å². The fourth-order valence-electron chi connectivity index (χ4n) is 3.88. The molecule has 0 aromatic heterocycles. The van der Waals surface area contributed by atoms with Crippen LogP contribution in [-0.2, 0) is 20.0 Å². The number of aryl methyl sites for hydroxylation is 3. The molecule has 8 nitrogen and oxygen atoms in total. The molecule has 0 fully saturated rings. The zero-order valence-corrected chi connectivity index (χ0v) is 23.6. The minimum atomic E-state index is -3.81. The van der Waals surface area contributed by atoms with Crippen molar-refractivity contribution in [2.75, 3.05) is 21.4 Å². The number of nitrogens with zero attached hydrogens (tertiary/aromatic N) is 1. The summed E-state index contributed by atoms with van der Waals surface area (Å²) in [6.07, 6.45) is 0. The van der Waals surface area contributed by atoms with Gasteiger partial charge in [0.05, 0.1) is 21.2 Å². The summed E-state index contributed by atoms with van der Waals surface area (Å²) < 4.78 is 55.2. The molecule has 4 rings (SSSR count). The van der Waals surface area contributed by atoms with Crippen LogP contribution < -0.4 is 14.3 Å². The third-order valence-electron chi connectivity index (χ3n) is 6.22. The largest absolute Gasteiger partial charge is 0.322 e. The van der Waals surface area contributed by atoms with Gasteiger partial charge >= 0.3 is 0 Å². The molecule has 0 saturated heterocycles. The highest BCUT2D eigenvalue weighted by Gasteiger charge is 2.21. The average Bonchev–Trinajstić information content (AvgIpc) is 2.90. The molecule has 0 unspecified atom stereocenters. The molecule has 10 heteroatoms. The highest BCUT2D eigenvalue weighted by atomic mass is 32.2. The number of nitrogens with one attached hydrogen (secondary N) is 2. The maximum Gasteiger partial charge on any atom is 0.264 e. The molecule has 0 radical (unpaired) electrons. The predicted octanol–water partition coefficient (Wildman–Crippen LogP) is 5.49. The second-order valence-corrected chi connectivity index (χ2v) is 12.9. The minimum Gasteiger partial charge on any atom is -0.322 e. The predicted molar refractivity (Wildman–Crippen MR) is 154 cm³/mol. The summed E-state index contributed by atoms with van der Waals surface area (Å²) in [5.41, 5.74) is 4.42. The van der Waals surface area contributed by atoms with Crippen molar-refractivity contribution in [2.45, 2.75) is 30.6 Å². The molecular weight excluding hydrogens is 534 g/mol. The third-order valence-corrected chi connectivity index (χ3v) is 9.40. The van der Waals surface area contributed by atoms with Crippen LogP contribution in [0.4, 0.5) is 17.1 Å². The highest BCUT2D eigenvalue weighted by molar-refractivity contribution is 7.93. The van der Waals surface area contributed by atoms with Crippen LogP contribution >= 0.6 is 0 Å². The maximum atomic E-state index is 12.9. The van der Waals surface area contributed by atoms with E-state index in [0.717, 1.165) is 21.0 Å². The van der Waals surface area contributed by atoms with Crippen LogP contribution in [0.25, 0.3) is 0 Å². The number of carbonyl (C=O) groups is 1. The molecule has 4 aromatic rings. The Balaban J connectivity index is 1.43. The van der Waals surface area contributed by atoms with Crippen molar-refractivity contribution in [3.63, 3.8) is 0 Å². The molecule has 202 valence electrons. The summed E-state index contributed by atoms with van der Waals surface area (Å²) >= 11 is 0. The normalized spacial score (nSPS) is 11.6. The molecule has 0 aliphatic rings. The van der Waals surface area contributed by atoms with Gasteiger partial charge in [0, 0.05) is 18.3 Å². The molecule has 4 aromatic carbocycles. The zero-order chi connectivity index (χ0) is 28.4. The number of amides is 1. The van der Waals surface area contributed by atoms with E-state index in [1.54, 1.807) is 42.5 Å². The van der Waals surface area contributed by atoms with Crippen molar-refractivity contribution in [3.05, 3.63) is 113 Å². The molecule has 0 spiro atoms. The van der Waals surface area contributed by atoms with Gasteiger partial charge in [-0.2, -0.15) is 0 Å². The number of rotatable bonds is 8. The van der Waals surface area contributed by atoms with E-state index in [1.165, 1.54) is 43.4 Å². The lowest BCUT2D eigenvalue weighted by molar-refractivity contribution is 0.102. The van der Waals surface area contributed by atoms with Crippen LogP contribution in [0.1, 0.15) is 27.0 Å². The van der Waals surface area contributed by atoms with Crippen molar-refractivity contribution >= 4 is 43.0 Å². The fourth-order valence-corrected chi connectivity index (χ4v) is 6.21. The van der Waals surface area contributed by atoms with E-state index in [1.807, 2.05) is 32.9 Å². The van der Waals surface area contributed by atoms with Crippen LogP contribution in [0.15, 0.2) is 101 Å². The second kappa shape index (κ2) is 10.9. The van der Waals surface area contributed by atoms with E-state index in [2.05, 4.69) is 10.0 Å². The number of hydrogen-bond acceptors (Lipinski definition) is 5. The minimum absolute atomic E-state index is 0.0580. The first kappa shape index (κ1) is 27.9. The molecule has 0 aliphatic heterocycles. The lowest BCUT2D eigenvalue weighted by atomic mass is 10.1. The van der Waals surface area contributed by atoms with Crippen LogP contribution in [0.2, 0.25) is 0 Å². The van der Waals surface area contributed by atoms with E-state index in [-0.39, 0.29) is 9.79 Å². The van der Waals surface area contributed by atoms with Crippen LogP contribution in [0.3, 0.4) is 0 Å². The number of anilines is 3. The van der Waals surface area contributed by atoms with E-state index >= 15 is 0 Å². The van der Waals surface area contributed by atoms with Gasteiger partial charge in [0.2, 0.25) is 0 Å². The number of benzene rings is 4. The van der Waals surface area contributed by atoms with Gasteiger partial charge < -0.3 is 5.32 Å². The van der Waals surface area contributed by atoms with Gasteiger partial charge in [-0.15, -0.1) is 0 Å². The Kier molecular flexibility index (Phi) is 7.80. The van der Waals surface area contributed by atoms with E-state index in [4.69, 9.17) is 0 Å². The van der Waals surface area contributed by atoms with Crippen molar-refractivity contribution in [1.29, 1.82) is 0 Å². The van der Waals surface area contributed by atoms with E-state index in [0.29, 0.717) is 22.6 Å². The summed E-state index contributed by atoms with van der Waals surface area (Å²) in [5.74, 6) is -0.422. The Morgan fingerprint density at radius 2 is 1.26 bits per heavy atom. The monoisotopic (exact) mass is 563 g/mol. The second-order valence-electron chi connectivity index (χ2n) is 9.23. The molecule has 0 heterocycles. The quantitative estimate of drug-likeness (QED) is 0.294. The first-order valence-electron chi connectivity index (χ1n) is 12.0. The van der Waals surface area contributed by atoms with Crippen LogP contribution in [-0.4, -0.2) is 29.8 Å². The van der Waals surface area contributed by atoms with Gasteiger partial charge in [-0.3, -0.25) is 13.8 Å². The van der Waals surface area contributed by atoms with Crippen molar-refractivity contribution in [2.24, 2.45) is 0 Å². The van der Waals surface area contributed by atoms with Gasteiger partial charge in [-0.05, 0) is 93.1 Å². The van der Waals surface area contributed by atoms with Gasteiger partial charge in [0.1, 0.15) is 0 Å². The zero-order valence-electron chi connectivity index (χ0n) is 22.0. The molecule has 39 heavy (non-hydrogen) atoms. The smallest absolute Gasteiger partial charge is 0.264 e. The number of carbonyl (C=O) groups excluding carboxylic acids is 1. The van der Waals surface area contributed by atoms with Crippen molar-refractivity contribution in [3.8, 4) is 0 Å². The molecule has 0 bridgehead atoms. The first-order valence-corrected chi connectivity index (χ1v) is 15.0. The molecular formula is C29H29N3O5S2. The number of sulfonamides is 2. The molecule has 0 aliphatic carbocycles. The van der Waals surface area contributed by atoms with E-state index in [9.17, 15) is 21.6 Å². The Hall–Kier alpha value is -4.15. The van der Waals surface area contributed by atoms with Gasteiger partial charge in [-0.25, -0.2) is 16.8 Å². The molecule has 2 N–H and O–H groups in total. The van der Waals surface area contributed by atoms with Crippen LogP contribution in [0.5, 0.6) is 0 Å². The SMILES string of the molecule is Cc1ccc(S(=O)(=O)N(C)c2ccc(C(=O)Nc3ccc(S(=O)(=O)Nc4ccc(C)cc4C)cc3)cc2)cc1. The molecule has 0 saturated carbocycles. The van der Waals surface area contributed by atoms with Crippen molar-refractivity contribution in [1.82, 2.24) is 0 Å². The number of hydrogen-bond donors (Lipinski definition) is 2. The standard InChI is InChI=1S/C29H29N3O5S2/c1-20-5-14-27(15-6-20)39(36,37)32(4)25-12-8-23(9-13-25)29(33)30-24-10-16-26(17-11-24)38(34,35)31-28-18-7-21(2)19-22(28)3/h5-19,31H,1-4H3,(H,30,33). The average molecular weight is 564 g/mol. The maximum absolute atomic E-state index is 12.9. The Bertz CT molecular complexity index is 1720. The summed E-state index contributed by atoms with van der Waals surface area (Å²) in [4.78, 5) is 13.0. The lowest BCUT2D eigenvalue weighted by Gasteiger charge is -2.20. The van der Waals surface area contributed by atoms with Gasteiger partial charge in [0.25, 0.3) is 26.0 Å². The Morgan fingerprint density at radius 3 is 1.85 bits per heavy atom. The van der Waals surface area contributed by atoms with Crippen molar-refractivity contribution < 1.29 is 21.6 Å². The van der Waals surface area contributed by atoms with Crippen LogP contribution in [0, 0.1) is 20.8 Å². The Morgan fingerprint density at radius 1 is 0.692 bits per heavy atom. The topological polar surface area (TPSA) is 113 Å². The van der Waals surface area contributed by atoms with Gasteiger partial charge in [0.15, 0.2) is 0 Å².